The van der Waals surface area contributed by atoms with E-state index in [1.54, 1.807) is 6.92 Å². The number of esters is 1. The van der Waals surface area contributed by atoms with Crippen LogP contribution in [0.5, 0.6) is 0 Å². The molecule has 0 saturated heterocycles. The second kappa shape index (κ2) is 8.75. The van der Waals surface area contributed by atoms with Gasteiger partial charge in [0.05, 0.1) is 26.6 Å². The van der Waals surface area contributed by atoms with Crippen molar-refractivity contribution in [2.24, 2.45) is 10.1 Å². The summed E-state index contributed by atoms with van der Waals surface area (Å²) in [6.07, 6.45) is 0. The number of amides is 1. The van der Waals surface area contributed by atoms with Crippen LogP contribution in [0.4, 0.5) is 5.69 Å². The smallest absolute Gasteiger partial charge is 0.326 e. The van der Waals surface area contributed by atoms with Gasteiger partial charge in [0.25, 0.3) is 11.6 Å². The first-order valence-corrected chi connectivity index (χ1v) is 11.1. The number of hydrogen-bond acceptors (Lipinski definition) is 8. The van der Waals surface area contributed by atoms with E-state index < -0.39 is 32.5 Å². The van der Waals surface area contributed by atoms with E-state index in [1.165, 1.54) is 47.0 Å². The molecule has 0 fully saturated rings. The summed E-state index contributed by atoms with van der Waals surface area (Å²) in [5.74, 6) is -1.49. The molecule has 0 spiro atoms. The number of carbonyl (C=O) groups is 2. The molecule has 0 aliphatic heterocycles. The van der Waals surface area contributed by atoms with E-state index in [0.717, 1.165) is 11.3 Å². The first-order chi connectivity index (χ1) is 14.6. The molecule has 0 atom stereocenters. The normalized spacial score (nSPS) is 12.1. The molecule has 0 bridgehead atoms. The summed E-state index contributed by atoms with van der Waals surface area (Å²) in [6, 6.07) is 9.32. The van der Waals surface area contributed by atoms with Crippen molar-refractivity contribution in [3.8, 4) is 0 Å². The van der Waals surface area contributed by atoms with Gasteiger partial charge in [-0.05, 0) is 31.2 Å². The SMILES string of the molecule is CCOC(=O)Cn1c(=NC(=O)c2ccccc2[N+](=O)[O-])sc2cc(S(N)(=O)=O)ccc21. The molecule has 1 heterocycles. The van der Waals surface area contributed by atoms with Crippen LogP contribution in [0.3, 0.4) is 0 Å². The van der Waals surface area contributed by atoms with E-state index >= 15 is 0 Å². The van der Waals surface area contributed by atoms with Crippen molar-refractivity contribution in [2.45, 2.75) is 18.4 Å². The van der Waals surface area contributed by atoms with Crippen molar-refractivity contribution in [3.63, 3.8) is 0 Å². The van der Waals surface area contributed by atoms with Crippen LogP contribution in [0.25, 0.3) is 10.2 Å². The van der Waals surface area contributed by atoms with Crippen molar-refractivity contribution < 1.29 is 27.7 Å². The number of aromatic nitrogens is 1. The zero-order chi connectivity index (χ0) is 22.8. The van der Waals surface area contributed by atoms with Crippen LogP contribution in [0.1, 0.15) is 17.3 Å². The molecular weight excluding hydrogens is 448 g/mol. The van der Waals surface area contributed by atoms with Gasteiger partial charge in [-0.2, -0.15) is 4.99 Å². The highest BCUT2D eigenvalue weighted by Crippen LogP contribution is 2.22. The standard InChI is InChI=1S/C18H16N4O7S2/c1-2-29-16(23)10-21-14-8-7-11(31(19,27)28)9-15(14)30-18(21)20-17(24)12-5-3-4-6-13(12)22(25)26/h3-9H,2,10H2,1H3,(H2,19,27,28). The van der Waals surface area contributed by atoms with Crippen molar-refractivity contribution in [2.75, 3.05) is 6.61 Å². The van der Waals surface area contributed by atoms with Crippen molar-refractivity contribution in [1.29, 1.82) is 0 Å². The molecule has 3 aromatic rings. The molecule has 1 aromatic heterocycles. The summed E-state index contributed by atoms with van der Waals surface area (Å²) in [5, 5.41) is 16.4. The number of rotatable bonds is 6. The lowest BCUT2D eigenvalue weighted by Gasteiger charge is -2.05. The molecule has 11 nitrogen and oxygen atoms in total. The molecule has 0 unspecified atom stereocenters. The number of nitrogens with zero attached hydrogens (tertiary/aromatic N) is 3. The molecule has 0 aliphatic carbocycles. The second-order valence-corrected chi connectivity index (χ2v) is 8.71. The Hall–Kier alpha value is -3.42. The average Bonchev–Trinajstić information content (AvgIpc) is 3.03. The first kappa shape index (κ1) is 22.3. The van der Waals surface area contributed by atoms with Gasteiger partial charge in [-0.25, -0.2) is 13.6 Å². The predicted octanol–water partition coefficient (Wildman–Crippen LogP) is 1.56. The number of nitrogens with two attached hydrogens (primary N) is 1. The zero-order valence-corrected chi connectivity index (χ0v) is 17.7. The van der Waals surface area contributed by atoms with Gasteiger partial charge in [0, 0.05) is 6.07 Å². The number of nitro groups is 1. The molecule has 0 aliphatic rings. The number of benzene rings is 2. The van der Waals surface area contributed by atoms with Gasteiger partial charge in [-0.3, -0.25) is 19.7 Å². The van der Waals surface area contributed by atoms with Gasteiger partial charge in [0.1, 0.15) is 12.1 Å². The summed E-state index contributed by atoms with van der Waals surface area (Å²) >= 11 is 0.929. The van der Waals surface area contributed by atoms with Gasteiger partial charge in [0.2, 0.25) is 10.0 Å². The Balaban J connectivity index is 2.21. The molecule has 2 aromatic carbocycles. The zero-order valence-electron chi connectivity index (χ0n) is 16.0. The van der Waals surface area contributed by atoms with Gasteiger partial charge in [-0.15, -0.1) is 0 Å². The second-order valence-electron chi connectivity index (χ2n) is 6.14. The van der Waals surface area contributed by atoms with Crippen LogP contribution >= 0.6 is 11.3 Å². The van der Waals surface area contributed by atoms with E-state index in [0.29, 0.717) is 10.2 Å². The summed E-state index contributed by atoms with van der Waals surface area (Å²) in [4.78, 5) is 39.1. The topological polar surface area (TPSA) is 164 Å². The summed E-state index contributed by atoms with van der Waals surface area (Å²) in [7, 11) is -3.98. The van der Waals surface area contributed by atoms with Crippen LogP contribution < -0.4 is 9.94 Å². The minimum Gasteiger partial charge on any atom is -0.465 e. The molecule has 162 valence electrons. The Morgan fingerprint density at radius 3 is 2.61 bits per heavy atom. The quantitative estimate of drug-likeness (QED) is 0.328. The number of hydrogen-bond donors (Lipinski definition) is 1. The molecule has 13 heteroatoms. The third-order valence-corrected chi connectivity index (χ3v) is 6.06. The Labute approximate surface area is 179 Å². The maximum Gasteiger partial charge on any atom is 0.326 e. The van der Waals surface area contributed by atoms with E-state index in [-0.39, 0.29) is 28.4 Å². The predicted molar refractivity (Wildman–Crippen MR) is 111 cm³/mol. The number of thiazole rings is 1. The number of carbonyl (C=O) groups excluding carboxylic acids is 2. The van der Waals surface area contributed by atoms with Crippen molar-refractivity contribution in [3.05, 3.63) is 62.9 Å². The minimum absolute atomic E-state index is 0.0396. The molecule has 3 rings (SSSR count). The Morgan fingerprint density at radius 1 is 1.26 bits per heavy atom. The molecule has 0 radical (unpaired) electrons. The van der Waals surface area contributed by atoms with Gasteiger partial charge in [-0.1, -0.05) is 23.5 Å². The Kier molecular flexibility index (Phi) is 6.29. The third kappa shape index (κ3) is 4.84. The number of nitro benzene ring substituents is 1. The fourth-order valence-electron chi connectivity index (χ4n) is 2.77. The lowest BCUT2D eigenvalue weighted by Crippen LogP contribution is -2.23. The van der Waals surface area contributed by atoms with E-state index in [9.17, 15) is 28.1 Å². The monoisotopic (exact) mass is 464 g/mol. The summed E-state index contributed by atoms with van der Waals surface area (Å²) in [5.41, 5.74) is -0.219. The Morgan fingerprint density at radius 2 is 1.97 bits per heavy atom. The highest BCUT2D eigenvalue weighted by Gasteiger charge is 2.20. The van der Waals surface area contributed by atoms with Gasteiger partial charge in [0.15, 0.2) is 4.80 Å². The average molecular weight is 464 g/mol. The minimum atomic E-state index is -3.98. The van der Waals surface area contributed by atoms with Crippen molar-refractivity contribution >= 4 is 49.1 Å². The Bertz CT molecular complexity index is 1370. The van der Waals surface area contributed by atoms with Crippen LogP contribution in [-0.2, 0) is 26.1 Å². The van der Waals surface area contributed by atoms with Crippen LogP contribution in [0.2, 0.25) is 0 Å². The highest BCUT2D eigenvalue weighted by molar-refractivity contribution is 7.89. The summed E-state index contributed by atoms with van der Waals surface area (Å²) < 4.78 is 30.0. The number of primary sulfonamides is 1. The fraction of sp³-hybridized carbons (Fsp3) is 0.167. The number of fused-ring (bicyclic) bond motifs is 1. The number of para-hydroxylation sites is 1. The maximum atomic E-state index is 12.7. The molecule has 0 saturated carbocycles. The molecule has 2 N–H and O–H groups in total. The first-order valence-electron chi connectivity index (χ1n) is 8.76. The molecular formula is C18H16N4O7S2. The van der Waals surface area contributed by atoms with Crippen LogP contribution in [0, 0.1) is 10.1 Å². The van der Waals surface area contributed by atoms with E-state index in [4.69, 9.17) is 9.88 Å². The van der Waals surface area contributed by atoms with E-state index in [1.807, 2.05) is 0 Å². The van der Waals surface area contributed by atoms with Crippen LogP contribution in [-0.4, -0.2) is 36.4 Å². The molecule has 1 amide bonds. The number of ether oxygens (including phenoxy) is 1. The summed E-state index contributed by atoms with van der Waals surface area (Å²) in [6.45, 7) is 1.47. The maximum absolute atomic E-state index is 12.7. The molecule has 31 heavy (non-hydrogen) atoms. The number of sulfonamides is 1. The highest BCUT2D eigenvalue weighted by atomic mass is 32.2. The van der Waals surface area contributed by atoms with Gasteiger partial charge >= 0.3 is 5.97 Å². The fourth-order valence-corrected chi connectivity index (χ4v) is 4.45. The lowest BCUT2D eigenvalue weighted by atomic mass is 10.2. The largest absolute Gasteiger partial charge is 0.465 e. The third-order valence-electron chi connectivity index (χ3n) is 4.10. The lowest BCUT2D eigenvalue weighted by molar-refractivity contribution is -0.385. The van der Waals surface area contributed by atoms with Crippen LogP contribution in [0.15, 0.2) is 52.4 Å². The van der Waals surface area contributed by atoms with Gasteiger partial charge < -0.3 is 9.30 Å². The van der Waals surface area contributed by atoms with Crippen molar-refractivity contribution in [1.82, 2.24) is 4.57 Å². The van der Waals surface area contributed by atoms with E-state index in [2.05, 4.69) is 4.99 Å².